The highest BCUT2D eigenvalue weighted by atomic mass is 35.5. The number of benzene rings is 1. The van der Waals surface area contributed by atoms with Crippen molar-refractivity contribution in [3.63, 3.8) is 0 Å². The van der Waals surface area contributed by atoms with Crippen LogP contribution in [0.15, 0.2) is 24.3 Å². The van der Waals surface area contributed by atoms with Gasteiger partial charge in [-0.1, -0.05) is 24.3 Å². The lowest BCUT2D eigenvalue weighted by molar-refractivity contribution is 0.151. The summed E-state index contributed by atoms with van der Waals surface area (Å²) in [6.45, 7) is 2.90. The maximum atomic E-state index is 12.4. The minimum atomic E-state index is -2.37. The van der Waals surface area contributed by atoms with Gasteiger partial charge in [0.2, 0.25) is 0 Å². The second-order valence-corrected chi connectivity index (χ2v) is 4.60. The molecular weight excluding hydrogens is 258 g/mol. The molecule has 2 nitrogen and oxygen atoms in total. The fraction of sp³-hybridized carbons (Fsp3) is 0.538. The Hall–Kier alpha value is -0.710. The van der Waals surface area contributed by atoms with E-state index < -0.39 is 6.43 Å². The van der Waals surface area contributed by atoms with E-state index in [9.17, 15) is 8.78 Å². The monoisotopic (exact) mass is 276 g/mol. The Morgan fingerprint density at radius 3 is 2.50 bits per heavy atom. The molecule has 1 aromatic rings. The summed E-state index contributed by atoms with van der Waals surface area (Å²) in [4.78, 5) is 2.28. The Morgan fingerprint density at radius 1 is 1.33 bits per heavy atom. The van der Waals surface area contributed by atoms with Crippen molar-refractivity contribution in [1.29, 1.82) is 0 Å². The molecule has 1 N–H and O–H groups in total. The summed E-state index contributed by atoms with van der Waals surface area (Å²) in [5.41, 5.74) is 1.18. The van der Waals surface area contributed by atoms with Crippen molar-refractivity contribution < 1.29 is 8.78 Å². The first-order valence-electron chi connectivity index (χ1n) is 5.95. The molecule has 1 heterocycles. The molecule has 0 saturated carbocycles. The minimum Gasteiger partial charge on any atom is -0.315 e. The number of alkyl halides is 2. The number of nitrogens with zero attached hydrogens (tertiary/aromatic N) is 1. The highest BCUT2D eigenvalue weighted by molar-refractivity contribution is 5.85. The average molecular weight is 277 g/mol. The van der Waals surface area contributed by atoms with Crippen molar-refractivity contribution in [2.75, 3.05) is 20.1 Å². The molecule has 0 aromatic heterocycles. The zero-order chi connectivity index (χ0) is 12.3. The normalized spacial score (nSPS) is 19.3. The zero-order valence-corrected chi connectivity index (χ0v) is 11.2. The molecule has 102 valence electrons. The van der Waals surface area contributed by atoms with Crippen molar-refractivity contribution >= 4 is 12.4 Å². The van der Waals surface area contributed by atoms with Crippen LogP contribution in [-0.4, -0.2) is 31.1 Å². The average Bonchev–Trinajstić information content (AvgIpc) is 2.83. The van der Waals surface area contributed by atoms with Gasteiger partial charge in [-0.15, -0.1) is 12.4 Å². The summed E-state index contributed by atoms with van der Waals surface area (Å²) in [5.74, 6) is 0. The maximum Gasteiger partial charge on any atom is 0.263 e. The molecule has 1 aliphatic heterocycles. The third-order valence-electron chi connectivity index (χ3n) is 3.32. The smallest absolute Gasteiger partial charge is 0.263 e. The summed E-state index contributed by atoms with van der Waals surface area (Å²) in [5, 5.41) is 3.32. The van der Waals surface area contributed by atoms with Crippen LogP contribution in [0.25, 0.3) is 0 Å². The molecule has 0 amide bonds. The van der Waals surface area contributed by atoms with Gasteiger partial charge in [0.25, 0.3) is 6.43 Å². The molecule has 0 spiro atoms. The van der Waals surface area contributed by atoms with Gasteiger partial charge in [0, 0.05) is 24.7 Å². The molecule has 1 saturated heterocycles. The summed E-state index contributed by atoms with van der Waals surface area (Å²) in [6, 6.07) is 7.17. The van der Waals surface area contributed by atoms with Crippen molar-refractivity contribution in [2.24, 2.45) is 0 Å². The number of hydrogen-bond donors (Lipinski definition) is 1. The zero-order valence-electron chi connectivity index (χ0n) is 10.4. The topological polar surface area (TPSA) is 15.3 Å². The molecule has 1 atom stereocenters. The first kappa shape index (κ1) is 15.3. The third-order valence-corrected chi connectivity index (χ3v) is 3.32. The van der Waals surface area contributed by atoms with Crippen LogP contribution in [0.2, 0.25) is 0 Å². The summed E-state index contributed by atoms with van der Waals surface area (Å²) in [6.07, 6.45) is -1.22. The lowest BCUT2D eigenvalue weighted by Crippen LogP contribution is -2.32. The Kier molecular flexibility index (Phi) is 5.99. The maximum absolute atomic E-state index is 12.4. The highest BCUT2D eigenvalue weighted by Gasteiger charge is 2.19. The number of halogens is 3. The van der Waals surface area contributed by atoms with Gasteiger partial charge in [0.15, 0.2) is 0 Å². The van der Waals surface area contributed by atoms with Gasteiger partial charge in [-0.3, -0.25) is 4.90 Å². The van der Waals surface area contributed by atoms with E-state index in [2.05, 4.69) is 17.3 Å². The van der Waals surface area contributed by atoms with Gasteiger partial charge in [0.05, 0.1) is 0 Å². The van der Waals surface area contributed by atoms with Crippen LogP contribution in [0.3, 0.4) is 0 Å². The van der Waals surface area contributed by atoms with Crippen molar-refractivity contribution in [3.05, 3.63) is 35.4 Å². The van der Waals surface area contributed by atoms with Crippen LogP contribution in [-0.2, 0) is 6.54 Å². The van der Waals surface area contributed by atoms with Crippen molar-refractivity contribution in [1.82, 2.24) is 10.2 Å². The predicted octanol–water partition coefficient (Wildman–Crippen LogP) is 2.84. The van der Waals surface area contributed by atoms with Gasteiger partial charge in [-0.2, -0.15) is 0 Å². The van der Waals surface area contributed by atoms with Crippen LogP contribution in [0.1, 0.15) is 24.0 Å². The molecule has 1 unspecified atom stereocenters. The molecule has 1 aliphatic rings. The van der Waals surface area contributed by atoms with E-state index in [0.29, 0.717) is 6.04 Å². The number of likely N-dealkylation sites (N-methyl/N-ethyl adjacent to an activating group) is 1. The van der Waals surface area contributed by atoms with Gasteiger partial charge < -0.3 is 5.32 Å². The second kappa shape index (κ2) is 7.02. The van der Waals surface area contributed by atoms with E-state index >= 15 is 0 Å². The molecule has 18 heavy (non-hydrogen) atoms. The SMILES string of the molecule is CN(Cc1ccc(C(F)F)cc1)C1CCNC1.Cl. The van der Waals surface area contributed by atoms with Crippen LogP contribution >= 0.6 is 12.4 Å². The molecule has 0 bridgehead atoms. The quantitative estimate of drug-likeness (QED) is 0.910. The van der Waals surface area contributed by atoms with Crippen molar-refractivity contribution in [2.45, 2.75) is 25.4 Å². The Bertz CT molecular complexity index is 351. The number of hydrogen-bond acceptors (Lipinski definition) is 2. The molecule has 5 heteroatoms. The Morgan fingerprint density at radius 2 is 2.00 bits per heavy atom. The van der Waals surface area contributed by atoms with E-state index in [4.69, 9.17) is 0 Å². The van der Waals surface area contributed by atoms with Crippen LogP contribution in [0, 0.1) is 0 Å². The van der Waals surface area contributed by atoms with E-state index in [1.54, 1.807) is 12.1 Å². The minimum absolute atomic E-state index is 0. The fourth-order valence-corrected chi connectivity index (χ4v) is 2.20. The van der Waals surface area contributed by atoms with E-state index in [0.717, 1.165) is 31.6 Å². The molecule has 1 aromatic carbocycles. The molecular formula is C13H19ClF2N2. The lowest BCUT2D eigenvalue weighted by Gasteiger charge is -2.23. The lowest BCUT2D eigenvalue weighted by atomic mass is 10.1. The summed E-state index contributed by atoms with van der Waals surface area (Å²) in [7, 11) is 2.08. The molecule has 1 fully saturated rings. The van der Waals surface area contributed by atoms with Gasteiger partial charge in [0.1, 0.15) is 0 Å². The van der Waals surface area contributed by atoms with Gasteiger partial charge in [-0.05, 0) is 25.6 Å². The van der Waals surface area contributed by atoms with Crippen LogP contribution in [0.5, 0.6) is 0 Å². The Balaban J connectivity index is 0.00000162. The van der Waals surface area contributed by atoms with Gasteiger partial charge >= 0.3 is 0 Å². The standard InChI is InChI=1S/C13H18F2N2.ClH/c1-17(12-6-7-16-8-12)9-10-2-4-11(5-3-10)13(14)15;/h2-5,12-13,16H,6-9H2,1H3;1H. The number of nitrogens with one attached hydrogen (secondary N) is 1. The number of rotatable bonds is 4. The highest BCUT2D eigenvalue weighted by Crippen LogP contribution is 2.19. The van der Waals surface area contributed by atoms with Gasteiger partial charge in [-0.25, -0.2) is 8.78 Å². The second-order valence-electron chi connectivity index (χ2n) is 4.60. The predicted molar refractivity (Wildman–Crippen MR) is 71.4 cm³/mol. The fourth-order valence-electron chi connectivity index (χ4n) is 2.20. The summed E-state index contributed by atoms with van der Waals surface area (Å²) < 4.78 is 24.8. The first-order chi connectivity index (χ1) is 8.16. The molecule has 0 radical (unpaired) electrons. The van der Waals surface area contributed by atoms with E-state index in [-0.39, 0.29) is 18.0 Å². The largest absolute Gasteiger partial charge is 0.315 e. The van der Waals surface area contributed by atoms with Crippen LogP contribution in [0.4, 0.5) is 8.78 Å². The van der Waals surface area contributed by atoms with E-state index in [1.807, 2.05) is 0 Å². The van der Waals surface area contributed by atoms with Crippen molar-refractivity contribution in [3.8, 4) is 0 Å². The molecule has 0 aliphatic carbocycles. The Labute approximate surface area is 113 Å². The first-order valence-corrected chi connectivity index (χ1v) is 5.95. The van der Waals surface area contributed by atoms with E-state index in [1.165, 1.54) is 12.1 Å². The summed E-state index contributed by atoms with van der Waals surface area (Å²) >= 11 is 0. The van der Waals surface area contributed by atoms with Crippen LogP contribution < -0.4 is 5.32 Å². The third kappa shape index (κ3) is 3.90. The molecule has 2 rings (SSSR count).